The van der Waals surface area contributed by atoms with Gasteiger partial charge in [0.15, 0.2) is 5.71 Å². The maximum atomic E-state index is 2.43. The summed E-state index contributed by atoms with van der Waals surface area (Å²) in [5.41, 5.74) is 6.87. The highest BCUT2D eigenvalue weighted by molar-refractivity contribution is 6.03. The fraction of sp³-hybridized carbons (Fsp3) is 0.300. The van der Waals surface area contributed by atoms with E-state index in [9.17, 15) is 0 Å². The molecule has 0 fully saturated rings. The number of hydrogen-bond donors (Lipinski definition) is 0. The second kappa shape index (κ2) is 7.20. The van der Waals surface area contributed by atoms with Gasteiger partial charge in [-0.2, -0.15) is 4.58 Å². The molecule has 162 valence electrons. The quantitative estimate of drug-likeness (QED) is 0.335. The van der Waals surface area contributed by atoms with Gasteiger partial charge in [-0.3, -0.25) is 0 Å². The van der Waals surface area contributed by atoms with E-state index in [-0.39, 0.29) is 10.8 Å². The first kappa shape index (κ1) is 20.8. The summed E-state index contributed by atoms with van der Waals surface area (Å²) in [5, 5.41) is 2.69. The molecule has 0 N–H and O–H groups in total. The van der Waals surface area contributed by atoms with Crippen LogP contribution in [0.15, 0.2) is 85.0 Å². The molecule has 0 aromatic heterocycles. The molecule has 0 saturated heterocycles. The highest BCUT2D eigenvalue weighted by Crippen LogP contribution is 2.48. The molecule has 0 bridgehead atoms. The lowest BCUT2D eigenvalue weighted by molar-refractivity contribution is -0.401. The Hall–Kier alpha value is -3.13. The second-order valence-corrected chi connectivity index (χ2v) is 10.3. The number of para-hydroxylation sites is 1. The number of rotatable bonds is 3. The average molecular weight is 422 g/mol. The zero-order valence-electron chi connectivity index (χ0n) is 20.1. The molecule has 1 unspecified atom stereocenters. The van der Waals surface area contributed by atoms with Crippen molar-refractivity contribution in [3.63, 3.8) is 0 Å². The van der Waals surface area contributed by atoms with Gasteiger partial charge in [0, 0.05) is 35.9 Å². The van der Waals surface area contributed by atoms with Crippen molar-refractivity contribution in [2.24, 2.45) is 0 Å². The molecular weight excluding hydrogens is 388 g/mol. The molecule has 0 amide bonds. The molecule has 1 atom stereocenters. The van der Waals surface area contributed by atoms with Gasteiger partial charge in [0.05, 0.1) is 11.5 Å². The summed E-state index contributed by atoms with van der Waals surface area (Å²) < 4.78 is 2.33. The fourth-order valence-electron chi connectivity index (χ4n) is 6.00. The number of hydrogen-bond acceptors (Lipinski definition) is 1. The molecule has 32 heavy (non-hydrogen) atoms. The smallest absolute Gasteiger partial charge is 0.209 e. The maximum Gasteiger partial charge on any atom is 0.209 e. The van der Waals surface area contributed by atoms with E-state index in [0.717, 1.165) is 0 Å². The lowest BCUT2D eigenvalue weighted by Gasteiger charge is -2.30. The average Bonchev–Trinajstić information content (AvgIpc) is 3.10. The number of likely N-dealkylation sites (N-methyl/N-ethyl adjacent to an activating group) is 1. The van der Waals surface area contributed by atoms with Crippen LogP contribution in [0.1, 0.15) is 38.8 Å². The standard InChI is InChI=1S/C30H33N2/c1-29(2)23-15-9-10-16-24(23)31(5)26(29)17-11-12-18-27-30(3,4)28-22-14-8-7-13-21(22)19-20-25(28)32(27)6/h7-20,27H,1-6H3/q+1. The van der Waals surface area contributed by atoms with E-state index in [1.165, 1.54) is 39.0 Å². The lowest BCUT2D eigenvalue weighted by atomic mass is 9.78. The third-order valence-corrected chi connectivity index (χ3v) is 7.69. The first-order valence-electron chi connectivity index (χ1n) is 11.5. The first-order chi connectivity index (χ1) is 15.2. The van der Waals surface area contributed by atoms with Gasteiger partial charge < -0.3 is 4.90 Å². The predicted octanol–water partition coefficient (Wildman–Crippen LogP) is 6.75. The van der Waals surface area contributed by atoms with Crippen LogP contribution in [0, 0.1) is 0 Å². The van der Waals surface area contributed by atoms with Gasteiger partial charge in [0.25, 0.3) is 0 Å². The summed E-state index contributed by atoms with van der Waals surface area (Å²) in [5.74, 6) is 0. The monoisotopic (exact) mass is 421 g/mol. The van der Waals surface area contributed by atoms with Crippen molar-refractivity contribution in [3.8, 4) is 0 Å². The van der Waals surface area contributed by atoms with Crippen LogP contribution in [0.3, 0.4) is 0 Å². The van der Waals surface area contributed by atoms with Crippen molar-refractivity contribution in [2.75, 3.05) is 19.0 Å². The highest BCUT2D eigenvalue weighted by atomic mass is 15.2. The Bertz CT molecular complexity index is 1300. The Kier molecular flexibility index (Phi) is 4.67. The number of benzene rings is 3. The van der Waals surface area contributed by atoms with E-state index in [2.05, 4.69) is 136 Å². The van der Waals surface area contributed by atoms with E-state index < -0.39 is 0 Å². The van der Waals surface area contributed by atoms with Crippen molar-refractivity contribution in [2.45, 2.75) is 44.6 Å². The molecule has 0 spiro atoms. The van der Waals surface area contributed by atoms with Crippen LogP contribution in [-0.2, 0) is 10.8 Å². The zero-order chi connectivity index (χ0) is 22.7. The molecule has 2 heteroatoms. The molecule has 0 radical (unpaired) electrons. The van der Waals surface area contributed by atoms with E-state index in [4.69, 9.17) is 0 Å². The number of allylic oxidation sites excluding steroid dienone is 3. The van der Waals surface area contributed by atoms with E-state index in [1.807, 2.05) is 0 Å². The Labute approximate surface area is 192 Å². The predicted molar refractivity (Wildman–Crippen MR) is 138 cm³/mol. The summed E-state index contributed by atoms with van der Waals surface area (Å²) in [6, 6.07) is 22.3. The molecule has 3 aromatic carbocycles. The van der Waals surface area contributed by atoms with Crippen LogP contribution in [0.25, 0.3) is 10.8 Å². The number of fused-ring (bicyclic) bond motifs is 4. The maximum absolute atomic E-state index is 2.43. The first-order valence-corrected chi connectivity index (χ1v) is 11.5. The minimum absolute atomic E-state index is 0.00819. The molecule has 2 aliphatic rings. The Balaban J connectivity index is 1.45. The number of anilines is 1. The van der Waals surface area contributed by atoms with Crippen molar-refractivity contribution in [1.82, 2.24) is 0 Å². The van der Waals surface area contributed by atoms with Gasteiger partial charge in [-0.1, -0.05) is 80.6 Å². The fourth-order valence-corrected chi connectivity index (χ4v) is 6.00. The molecule has 0 aliphatic carbocycles. The summed E-state index contributed by atoms with van der Waals surface area (Å²) in [6.45, 7) is 9.38. The molecule has 0 saturated carbocycles. The molecule has 2 heterocycles. The van der Waals surface area contributed by atoms with Gasteiger partial charge in [-0.15, -0.1) is 0 Å². The van der Waals surface area contributed by atoms with Crippen LogP contribution in [0.4, 0.5) is 11.4 Å². The van der Waals surface area contributed by atoms with Gasteiger partial charge in [-0.05, 0) is 36.2 Å². The van der Waals surface area contributed by atoms with Gasteiger partial charge in [-0.25, -0.2) is 0 Å². The minimum Gasteiger partial charge on any atom is -0.367 e. The molecule has 5 rings (SSSR count). The summed E-state index contributed by atoms with van der Waals surface area (Å²) in [7, 11) is 4.40. The third-order valence-electron chi connectivity index (χ3n) is 7.69. The Morgan fingerprint density at radius 3 is 2.38 bits per heavy atom. The van der Waals surface area contributed by atoms with E-state index in [0.29, 0.717) is 6.04 Å². The SMILES string of the molecule is CN1c2ccc3ccccc3c2C(C)(C)C1C=CC=CC1=[N+](C)c2ccccc2C1(C)C. The zero-order valence-corrected chi connectivity index (χ0v) is 20.1. The molecular formula is C30H33N2+. The van der Waals surface area contributed by atoms with Crippen LogP contribution < -0.4 is 4.90 Å². The van der Waals surface area contributed by atoms with Crippen LogP contribution in [0.5, 0.6) is 0 Å². The Morgan fingerprint density at radius 1 is 0.875 bits per heavy atom. The summed E-state index contributed by atoms with van der Waals surface area (Å²) in [4.78, 5) is 2.43. The summed E-state index contributed by atoms with van der Waals surface area (Å²) >= 11 is 0. The van der Waals surface area contributed by atoms with Crippen molar-refractivity contribution in [3.05, 3.63) is 96.1 Å². The van der Waals surface area contributed by atoms with Crippen molar-refractivity contribution in [1.29, 1.82) is 0 Å². The highest BCUT2D eigenvalue weighted by Gasteiger charge is 2.43. The molecule has 2 nitrogen and oxygen atoms in total. The summed E-state index contributed by atoms with van der Waals surface area (Å²) in [6.07, 6.45) is 9.09. The van der Waals surface area contributed by atoms with E-state index >= 15 is 0 Å². The van der Waals surface area contributed by atoms with Crippen LogP contribution in [-0.4, -0.2) is 30.4 Å². The van der Waals surface area contributed by atoms with E-state index in [1.54, 1.807) is 0 Å². The van der Waals surface area contributed by atoms with Crippen LogP contribution >= 0.6 is 0 Å². The lowest BCUT2D eigenvalue weighted by Crippen LogP contribution is -2.37. The van der Waals surface area contributed by atoms with Gasteiger partial charge >= 0.3 is 0 Å². The number of nitrogens with zero attached hydrogens (tertiary/aromatic N) is 2. The minimum atomic E-state index is 0.00819. The topological polar surface area (TPSA) is 6.25 Å². The second-order valence-electron chi connectivity index (χ2n) is 10.3. The normalized spacial score (nSPS) is 21.2. The molecule has 2 aliphatic heterocycles. The van der Waals surface area contributed by atoms with Crippen molar-refractivity contribution < 1.29 is 4.58 Å². The largest absolute Gasteiger partial charge is 0.367 e. The van der Waals surface area contributed by atoms with Crippen LogP contribution in [0.2, 0.25) is 0 Å². The van der Waals surface area contributed by atoms with Gasteiger partial charge in [0.1, 0.15) is 7.05 Å². The third kappa shape index (κ3) is 2.89. The van der Waals surface area contributed by atoms with Crippen molar-refractivity contribution >= 4 is 27.9 Å². The van der Waals surface area contributed by atoms with Gasteiger partial charge in [0.2, 0.25) is 5.69 Å². The molecule has 3 aromatic rings. The Morgan fingerprint density at radius 2 is 1.59 bits per heavy atom.